The van der Waals surface area contributed by atoms with E-state index in [-0.39, 0.29) is 29.8 Å². The van der Waals surface area contributed by atoms with Crippen LogP contribution in [0, 0.1) is 17.2 Å². The van der Waals surface area contributed by atoms with Crippen molar-refractivity contribution in [1.82, 2.24) is 9.97 Å². The Morgan fingerprint density at radius 3 is 2.79 bits per heavy atom. The third kappa shape index (κ3) is 3.26. The summed E-state index contributed by atoms with van der Waals surface area (Å²) in [5.74, 6) is -1.25. The molecule has 1 aromatic rings. The van der Waals surface area contributed by atoms with E-state index in [2.05, 4.69) is 9.97 Å². The molecule has 102 valence electrons. The van der Waals surface area contributed by atoms with E-state index >= 15 is 0 Å². The van der Waals surface area contributed by atoms with Crippen LogP contribution in [0.1, 0.15) is 18.7 Å². The van der Waals surface area contributed by atoms with Crippen molar-refractivity contribution in [2.75, 3.05) is 18.0 Å². The van der Waals surface area contributed by atoms with E-state index < -0.39 is 12.1 Å². The van der Waals surface area contributed by atoms with Crippen LogP contribution < -0.4 is 4.90 Å². The number of aromatic nitrogens is 2. The quantitative estimate of drug-likeness (QED) is 0.746. The van der Waals surface area contributed by atoms with Crippen molar-refractivity contribution < 1.29 is 13.2 Å². The molecule has 1 aliphatic rings. The van der Waals surface area contributed by atoms with E-state index in [1.54, 1.807) is 6.07 Å². The van der Waals surface area contributed by atoms with Crippen molar-refractivity contribution in [3.63, 3.8) is 0 Å². The summed E-state index contributed by atoms with van der Waals surface area (Å²) in [6, 6.07) is 3.11. The van der Waals surface area contributed by atoms with Crippen LogP contribution in [0.3, 0.4) is 0 Å². The molecule has 0 N–H and O–H groups in total. The summed E-state index contributed by atoms with van der Waals surface area (Å²) in [7, 11) is 0. The highest BCUT2D eigenvalue weighted by Gasteiger charge is 2.42. The molecule has 19 heavy (non-hydrogen) atoms. The molecule has 0 amide bonds. The molecule has 1 atom stereocenters. The lowest BCUT2D eigenvalue weighted by atomic mass is 9.97. The Balaban J connectivity index is 2.22. The summed E-state index contributed by atoms with van der Waals surface area (Å²) >= 11 is 5.72. The Kier molecular flexibility index (Phi) is 3.80. The minimum atomic E-state index is -4.21. The maximum absolute atomic E-state index is 12.7. The van der Waals surface area contributed by atoms with Crippen LogP contribution in [0.5, 0.6) is 0 Å². The third-order valence-electron chi connectivity index (χ3n) is 2.99. The van der Waals surface area contributed by atoms with Crippen molar-refractivity contribution in [3.05, 3.63) is 17.0 Å². The Hall–Kier alpha value is -1.55. The fourth-order valence-corrected chi connectivity index (χ4v) is 2.25. The molecule has 0 spiro atoms. The molecule has 2 rings (SSSR count). The maximum Gasteiger partial charge on any atom is 0.393 e. The van der Waals surface area contributed by atoms with E-state index in [0.29, 0.717) is 13.0 Å². The zero-order valence-corrected chi connectivity index (χ0v) is 10.5. The SMILES string of the molecule is N#Cc1nc(Cl)cc(N2CCCC(C(F)(F)F)C2)n1. The zero-order chi connectivity index (χ0) is 14.0. The second-order valence-electron chi connectivity index (χ2n) is 4.31. The standard InChI is InChI=1S/C11H10ClF3N4/c12-8-4-10(18-9(5-16)17-8)19-3-1-2-7(6-19)11(13,14)15/h4,7H,1-3,6H2. The van der Waals surface area contributed by atoms with Gasteiger partial charge in [-0.2, -0.15) is 18.4 Å². The van der Waals surface area contributed by atoms with Crippen molar-refractivity contribution in [2.24, 2.45) is 5.92 Å². The lowest BCUT2D eigenvalue weighted by Crippen LogP contribution is -2.42. The Bertz CT molecular complexity index is 512. The Labute approximate surface area is 112 Å². The highest BCUT2D eigenvalue weighted by Crippen LogP contribution is 2.34. The molecule has 0 aliphatic carbocycles. The summed E-state index contributed by atoms with van der Waals surface area (Å²) < 4.78 is 38.2. The average Bonchev–Trinajstić information content (AvgIpc) is 2.37. The van der Waals surface area contributed by atoms with Crippen LogP contribution in [0.4, 0.5) is 19.0 Å². The molecule has 1 unspecified atom stereocenters. The van der Waals surface area contributed by atoms with Gasteiger partial charge >= 0.3 is 6.18 Å². The van der Waals surface area contributed by atoms with E-state index in [1.165, 1.54) is 11.0 Å². The van der Waals surface area contributed by atoms with Crippen LogP contribution in [0.15, 0.2) is 6.07 Å². The number of nitrogens with zero attached hydrogens (tertiary/aromatic N) is 4. The van der Waals surface area contributed by atoms with Crippen LogP contribution in [-0.2, 0) is 0 Å². The summed E-state index contributed by atoms with van der Waals surface area (Å²) in [4.78, 5) is 9.05. The number of halogens is 4. The predicted molar refractivity (Wildman–Crippen MR) is 62.7 cm³/mol. The lowest BCUT2D eigenvalue weighted by Gasteiger charge is -2.34. The van der Waals surface area contributed by atoms with E-state index in [4.69, 9.17) is 16.9 Å². The van der Waals surface area contributed by atoms with Crippen LogP contribution in [0.2, 0.25) is 5.15 Å². The first-order valence-corrected chi connectivity index (χ1v) is 6.04. The second-order valence-corrected chi connectivity index (χ2v) is 4.70. The average molecular weight is 291 g/mol. The van der Waals surface area contributed by atoms with Gasteiger partial charge in [0.25, 0.3) is 0 Å². The summed E-state index contributed by atoms with van der Waals surface area (Å²) in [5.41, 5.74) is 0. The van der Waals surface area contributed by atoms with Crippen molar-refractivity contribution in [2.45, 2.75) is 19.0 Å². The van der Waals surface area contributed by atoms with Gasteiger partial charge in [0, 0.05) is 19.2 Å². The number of piperidine rings is 1. The van der Waals surface area contributed by atoms with Gasteiger partial charge in [0.2, 0.25) is 5.82 Å². The van der Waals surface area contributed by atoms with Gasteiger partial charge in [-0.1, -0.05) is 11.6 Å². The van der Waals surface area contributed by atoms with Gasteiger partial charge in [-0.3, -0.25) is 0 Å². The van der Waals surface area contributed by atoms with Crippen molar-refractivity contribution >= 4 is 17.4 Å². The number of alkyl halides is 3. The molecule has 1 aromatic heterocycles. The van der Waals surface area contributed by atoms with Gasteiger partial charge < -0.3 is 4.90 Å². The number of nitriles is 1. The molecule has 8 heteroatoms. The lowest BCUT2D eigenvalue weighted by molar-refractivity contribution is -0.176. The maximum atomic E-state index is 12.7. The molecule has 0 saturated carbocycles. The second kappa shape index (κ2) is 5.21. The number of hydrogen-bond donors (Lipinski definition) is 0. The molecule has 0 aromatic carbocycles. The molecule has 1 saturated heterocycles. The van der Waals surface area contributed by atoms with Gasteiger partial charge in [-0.05, 0) is 12.8 Å². The summed E-state index contributed by atoms with van der Waals surface area (Å²) in [6.07, 6.45) is -3.68. The topological polar surface area (TPSA) is 52.8 Å². The number of hydrogen-bond acceptors (Lipinski definition) is 4. The van der Waals surface area contributed by atoms with Crippen molar-refractivity contribution in [1.29, 1.82) is 5.26 Å². The monoisotopic (exact) mass is 290 g/mol. The smallest absolute Gasteiger partial charge is 0.356 e. The highest BCUT2D eigenvalue weighted by molar-refractivity contribution is 6.29. The Morgan fingerprint density at radius 2 is 2.16 bits per heavy atom. The molecular formula is C11H10ClF3N4. The molecule has 4 nitrogen and oxygen atoms in total. The van der Waals surface area contributed by atoms with E-state index in [9.17, 15) is 13.2 Å². The van der Waals surface area contributed by atoms with Gasteiger partial charge in [0.1, 0.15) is 17.0 Å². The molecular weight excluding hydrogens is 281 g/mol. The Morgan fingerprint density at radius 1 is 1.42 bits per heavy atom. The van der Waals surface area contributed by atoms with Crippen LogP contribution in [-0.4, -0.2) is 29.2 Å². The van der Waals surface area contributed by atoms with Gasteiger partial charge in [0.15, 0.2) is 0 Å². The number of rotatable bonds is 1. The molecule has 0 bridgehead atoms. The van der Waals surface area contributed by atoms with Crippen LogP contribution >= 0.6 is 11.6 Å². The largest absolute Gasteiger partial charge is 0.393 e. The third-order valence-corrected chi connectivity index (χ3v) is 3.18. The molecule has 2 heterocycles. The molecule has 1 fully saturated rings. The fourth-order valence-electron chi connectivity index (χ4n) is 2.07. The molecule has 1 aliphatic heterocycles. The fraction of sp³-hybridized carbons (Fsp3) is 0.545. The van der Waals surface area contributed by atoms with Gasteiger partial charge in [-0.25, -0.2) is 9.97 Å². The van der Waals surface area contributed by atoms with Gasteiger partial charge in [-0.15, -0.1) is 0 Å². The number of anilines is 1. The predicted octanol–water partition coefficient (Wildman–Crippen LogP) is 2.78. The first-order valence-electron chi connectivity index (χ1n) is 5.66. The van der Waals surface area contributed by atoms with Crippen LogP contribution in [0.25, 0.3) is 0 Å². The van der Waals surface area contributed by atoms with Crippen molar-refractivity contribution in [3.8, 4) is 6.07 Å². The van der Waals surface area contributed by atoms with Gasteiger partial charge in [0.05, 0.1) is 5.92 Å². The van der Waals surface area contributed by atoms with E-state index in [0.717, 1.165) is 0 Å². The highest BCUT2D eigenvalue weighted by atomic mass is 35.5. The zero-order valence-electron chi connectivity index (χ0n) is 9.78. The molecule has 0 radical (unpaired) electrons. The summed E-state index contributed by atoms with van der Waals surface area (Å²) in [5, 5.41) is 8.79. The first-order chi connectivity index (χ1) is 8.90. The van der Waals surface area contributed by atoms with E-state index in [1.807, 2.05) is 0 Å². The summed E-state index contributed by atoms with van der Waals surface area (Å²) in [6.45, 7) is 0.298. The first kappa shape index (κ1) is 13.9. The normalized spacial score (nSPS) is 20.2. The minimum Gasteiger partial charge on any atom is -0.356 e. The minimum absolute atomic E-state index is 0.0516.